The molecule has 0 fully saturated rings. The van der Waals surface area contributed by atoms with Crippen molar-refractivity contribution in [3.05, 3.63) is 167 Å². The van der Waals surface area contributed by atoms with Crippen molar-refractivity contribution < 1.29 is 24.2 Å². The van der Waals surface area contributed by atoms with Crippen LogP contribution in [0.3, 0.4) is 0 Å². The van der Waals surface area contributed by atoms with Gasteiger partial charge in [-0.05, 0) is 13.8 Å². The molecule has 7 aromatic carbocycles. The van der Waals surface area contributed by atoms with Gasteiger partial charge in [-0.3, -0.25) is 0 Å². The van der Waals surface area contributed by atoms with E-state index in [4.69, 9.17) is 0 Å². The Morgan fingerprint density at radius 1 is 0.475 bits per heavy atom. The average molecular weight is 594 g/mol. The Balaban J connectivity index is 0.000000123. The van der Waals surface area contributed by atoms with Crippen molar-refractivity contribution >= 4 is 35.5 Å². The molecule has 0 spiro atoms. The molecule has 0 amide bonds. The summed E-state index contributed by atoms with van der Waals surface area (Å²) in [5, 5.41) is 8.21. The molecular formula is C39H34Zr. The van der Waals surface area contributed by atoms with Gasteiger partial charge in [0.05, 0.1) is 0 Å². The third-order valence-corrected chi connectivity index (χ3v) is 8.89. The van der Waals surface area contributed by atoms with E-state index in [1.807, 2.05) is 0 Å². The first kappa shape index (κ1) is 27.9. The van der Waals surface area contributed by atoms with Gasteiger partial charge in [0, 0.05) is 0 Å². The molecule has 7 aromatic rings. The van der Waals surface area contributed by atoms with Crippen LogP contribution in [-0.2, 0) is 24.2 Å². The summed E-state index contributed by atoms with van der Waals surface area (Å²) in [5.41, 5.74) is 8.13. The van der Waals surface area contributed by atoms with Gasteiger partial charge in [0.15, 0.2) is 0 Å². The zero-order chi connectivity index (χ0) is 28.1. The Bertz CT molecular complexity index is 1780. The van der Waals surface area contributed by atoms with Gasteiger partial charge >= 0.3 is 99.2 Å². The van der Waals surface area contributed by atoms with Crippen molar-refractivity contribution in [1.82, 2.24) is 0 Å². The fraction of sp³-hybridized carbons (Fsp3) is 0.103. The number of fused-ring (bicyclic) bond motifs is 4. The van der Waals surface area contributed by atoms with E-state index < -0.39 is 0 Å². The molecule has 1 heteroatoms. The van der Waals surface area contributed by atoms with E-state index in [0.717, 1.165) is 0 Å². The van der Waals surface area contributed by atoms with Crippen LogP contribution in [0.5, 0.6) is 0 Å². The quantitative estimate of drug-likeness (QED) is 0.175. The van der Waals surface area contributed by atoms with Crippen molar-refractivity contribution in [2.24, 2.45) is 0 Å². The summed E-state index contributed by atoms with van der Waals surface area (Å²) in [6, 6.07) is 47.5. The molecule has 0 nitrogen and oxygen atoms in total. The molecule has 0 aliphatic heterocycles. The first-order chi connectivity index (χ1) is 19.4. The average Bonchev–Trinajstić information content (AvgIpc) is 3.49. The zero-order valence-corrected chi connectivity index (χ0v) is 26.2. The predicted octanol–water partition coefficient (Wildman–Crippen LogP) is 10.3. The predicted molar refractivity (Wildman–Crippen MR) is 172 cm³/mol. The van der Waals surface area contributed by atoms with E-state index in [2.05, 4.69) is 161 Å². The molecule has 0 atom stereocenters. The minimum absolute atomic E-state index is 1.33. The second kappa shape index (κ2) is 12.7. The van der Waals surface area contributed by atoms with Gasteiger partial charge in [0.2, 0.25) is 0 Å². The van der Waals surface area contributed by atoms with E-state index in [-0.39, 0.29) is 0 Å². The van der Waals surface area contributed by atoms with Gasteiger partial charge in [-0.2, -0.15) is 5.56 Å². The van der Waals surface area contributed by atoms with Crippen LogP contribution in [0, 0.1) is 27.7 Å². The third kappa shape index (κ3) is 6.38. The second-order valence-corrected chi connectivity index (χ2v) is 11.7. The maximum absolute atomic E-state index is 2.28. The summed E-state index contributed by atoms with van der Waals surface area (Å²) >= 11 is 1.46. The maximum atomic E-state index is 2.28. The normalized spacial score (nSPS) is 10.7. The molecule has 0 unspecified atom stereocenters. The molecule has 0 N–H and O–H groups in total. The molecule has 0 aliphatic rings. The van der Waals surface area contributed by atoms with Crippen molar-refractivity contribution in [1.29, 1.82) is 0 Å². The van der Waals surface area contributed by atoms with Crippen molar-refractivity contribution in [3.8, 4) is 0 Å². The summed E-state index contributed by atoms with van der Waals surface area (Å²) in [4.78, 5) is 0. The molecule has 0 saturated heterocycles. The van der Waals surface area contributed by atoms with Gasteiger partial charge in [-0.1, -0.05) is 55.3 Å². The van der Waals surface area contributed by atoms with Gasteiger partial charge in [-0.15, -0.1) is 80.3 Å². The Hall–Kier alpha value is -3.67. The molecule has 0 bridgehead atoms. The summed E-state index contributed by atoms with van der Waals surface area (Å²) < 4.78 is 1.42. The van der Waals surface area contributed by atoms with Crippen molar-refractivity contribution in [2.75, 3.05) is 0 Å². The summed E-state index contributed by atoms with van der Waals surface area (Å²) in [6.07, 6.45) is 0. The van der Waals surface area contributed by atoms with Crippen LogP contribution in [-0.4, -0.2) is 3.21 Å². The molecule has 0 aromatic heterocycles. The van der Waals surface area contributed by atoms with Crippen LogP contribution < -0.4 is 0 Å². The van der Waals surface area contributed by atoms with Gasteiger partial charge in [0.1, 0.15) is 0 Å². The van der Waals surface area contributed by atoms with Crippen LogP contribution in [0.4, 0.5) is 0 Å². The summed E-state index contributed by atoms with van der Waals surface area (Å²) in [6.45, 7) is 8.62. The molecule has 40 heavy (non-hydrogen) atoms. The Morgan fingerprint density at radius 2 is 0.950 bits per heavy atom. The van der Waals surface area contributed by atoms with Crippen molar-refractivity contribution in [2.45, 2.75) is 27.7 Å². The van der Waals surface area contributed by atoms with Crippen molar-refractivity contribution in [3.63, 3.8) is 0 Å². The van der Waals surface area contributed by atoms with Gasteiger partial charge in [-0.25, -0.2) is 0 Å². The van der Waals surface area contributed by atoms with E-state index in [1.165, 1.54) is 93.1 Å². The number of rotatable bonds is 2. The molecule has 0 aliphatic carbocycles. The van der Waals surface area contributed by atoms with Crippen LogP contribution in [0.15, 0.2) is 133 Å². The topological polar surface area (TPSA) is 0 Å². The first-order valence-corrected chi connectivity index (χ1v) is 15.0. The van der Waals surface area contributed by atoms with Crippen LogP contribution >= 0.6 is 0 Å². The molecule has 0 heterocycles. The number of aryl methyl sites for hydroxylation is 4. The monoisotopic (exact) mass is 592 g/mol. The molecule has 7 rings (SSSR count). The molecule has 0 radical (unpaired) electrons. The number of hydrogen-bond donors (Lipinski definition) is 0. The van der Waals surface area contributed by atoms with E-state index in [9.17, 15) is 0 Å². The third-order valence-electron chi connectivity index (χ3n) is 7.47. The molecule has 0 saturated carbocycles. The summed E-state index contributed by atoms with van der Waals surface area (Å²) in [7, 11) is 0. The fourth-order valence-corrected chi connectivity index (χ4v) is 5.98. The minimum atomic E-state index is 1.33. The van der Waals surface area contributed by atoms with Crippen LogP contribution in [0.25, 0.3) is 32.3 Å². The standard InChI is InChI=1S/C15H13.C13H10.C11H11.Zr/c1-10-3-5-14-12(7-10)9-13-8-11(2)4-6-15(13)14;1-3-7-12(8-4-1)11-13-9-5-2-6-10-13;1-8-7-10-5-3-4-6-11(10)9(8)2;/h3-9H,1-2H3;1-10H;3-7H,1-2H3;/q-1;;-1;+2. The zero-order valence-electron chi connectivity index (χ0n) is 23.7. The summed E-state index contributed by atoms with van der Waals surface area (Å²) in [5.74, 6) is 0. The van der Waals surface area contributed by atoms with E-state index in [0.29, 0.717) is 0 Å². The Morgan fingerprint density at radius 3 is 1.45 bits per heavy atom. The fourth-order valence-electron chi connectivity index (χ4n) is 5.16. The Labute approximate surface area is 253 Å². The van der Waals surface area contributed by atoms with Gasteiger partial charge in [0.25, 0.3) is 0 Å². The first-order valence-electron chi connectivity index (χ1n) is 13.8. The SMILES string of the molecule is Cc1[cH-]c2ccccc2c1C.Cc1ccc2c(c1)[cH-]c1cc(C)ccc12.[Zr+2]=[C](c1ccccc1)c1ccccc1. The molecular weight excluding hydrogens is 560 g/mol. The number of benzene rings is 5. The Kier molecular flexibility index (Phi) is 8.83. The van der Waals surface area contributed by atoms with E-state index in [1.54, 1.807) is 0 Å². The van der Waals surface area contributed by atoms with Crippen LogP contribution in [0.2, 0.25) is 0 Å². The number of hydrogen-bond acceptors (Lipinski definition) is 0. The van der Waals surface area contributed by atoms with Crippen LogP contribution in [0.1, 0.15) is 33.4 Å². The van der Waals surface area contributed by atoms with E-state index >= 15 is 0 Å². The molecule has 194 valence electrons. The van der Waals surface area contributed by atoms with Gasteiger partial charge < -0.3 is 0 Å². The second-order valence-electron chi connectivity index (χ2n) is 10.5.